The van der Waals surface area contributed by atoms with Crippen LogP contribution in [0, 0.1) is 0 Å². The molecule has 7 heteroatoms. The Kier molecular flexibility index (Phi) is 3.79. The van der Waals surface area contributed by atoms with Gasteiger partial charge in [-0.2, -0.15) is 0 Å². The minimum Gasteiger partial charge on any atom is -0.467 e. The van der Waals surface area contributed by atoms with Gasteiger partial charge in [0.2, 0.25) is 5.91 Å². The molecule has 1 atom stereocenters. The van der Waals surface area contributed by atoms with Crippen LogP contribution in [0.1, 0.15) is 23.3 Å². The molecule has 7 nitrogen and oxygen atoms in total. The first-order valence-electron chi connectivity index (χ1n) is 8.50. The van der Waals surface area contributed by atoms with Gasteiger partial charge in [0.1, 0.15) is 17.8 Å². The summed E-state index contributed by atoms with van der Waals surface area (Å²) in [5.74, 6) is -0.0420. The number of carbonyl (C=O) groups excluding carboxylic acids is 3. The molecule has 1 aromatic heterocycles. The Balaban J connectivity index is 1.51. The average Bonchev–Trinajstić information content (AvgIpc) is 3.32. The molecule has 26 heavy (non-hydrogen) atoms. The van der Waals surface area contributed by atoms with E-state index in [1.807, 2.05) is 24.3 Å². The van der Waals surface area contributed by atoms with Crippen LogP contribution in [-0.2, 0) is 28.1 Å². The molecular formula is C19H19N3O4. The third-order valence-corrected chi connectivity index (χ3v) is 5.11. The number of nitrogens with zero attached hydrogens (tertiary/aromatic N) is 2. The van der Waals surface area contributed by atoms with E-state index in [1.165, 1.54) is 11.2 Å². The third-order valence-electron chi connectivity index (χ3n) is 5.11. The van der Waals surface area contributed by atoms with E-state index in [0.29, 0.717) is 12.2 Å². The van der Waals surface area contributed by atoms with Crippen LogP contribution in [-0.4, -0.2) is 41.2 Å². The number of rotatable bonds is 4. The molecule has 1 fully saturated rings. The zero-order valence-electron chi connectivity index (χ0n) is 14.4. The van der Waals surface area contributed by atoms with Gasteiger partial charge in [0, 0.05) is 7.05 Å². The lowest BCUT2D eigenvalue weighted by Gasteiger charge is -2.23. The van der Waals surface area contributed by atoms with Gasteiger partial charge in [-0.15, -0.1) is 0 Å². The van der Waals surface area contributed by atoms with Crippen molar-refractivity contribution < 1.29 is 18.8 Å². The van der Waals surface area contributed by atoms with Gasteiger partial charge < -0.3 is 14.6 Å². The summed E-state index contributed by atoms with van der Waals surface area (Å²) in [6.45, 7) is -0.00471. The van der Waals surface area contributed by atoms with Gasteiger partial charge in [0.15, 0.2) is 0 Å². The van der Waals surface area contributed by atoms with Crippen molar-refractivity contribution in [1.82, 2.24) is 15.1 Å². The number of hydrogen-bond donors (Lipinski definition) is 1. The Morgan fingerprint density at radius 3 is 2.85 bits per heavy atom. The Morgan fingerprint density at radius 1 is 1.27 bits per heavy atom. The molecule has 2 heterocycles. The fraction of sp³-hybridized carbons (Fsp3) is 0.316. The van der Waals surface area contributed by atoms with E-state index in [9.17, 15) is 14.4 Å². The van der Waals surface area contributed by atoms with Crippen LogP contribution < -0.4 is 5.32 Å². The van der Waals surface area contributed by atoms with Gasteiger partial charge in [0.25, 0.3) is 5.91 Å². The van der Waals surface area contributed by atoms with Gasteiger partial charge in [-0.3, -0.25) is 14.5 Å². The summed E-state index contributed by atoms with van der Waals surface area (Å²) >= 11 is 0. The highest BCUT2D eigenvalue weighted by atomic mass is 16.3. The average molecular weight is 353 g/mol. The van der Waals surface area contributed by atoms with Crippen molar-refractivity contribution in [3.05, 3.63) is 59.5 Å². The Hall–Kier alpha value is -3.09. The standard InChI is InChI=1S/C19H19N3O4/c1-21(11-14-6-4-10-26-14)16(23)12-22-17(24)19(20-18(22)25)9-8-13-5-2-3-7-15(13)19/h2-7,10H,8-9,11-12H2,1H3,(H,20,25). The zero-order valence-corrected chi connectivity index (χ0v) is 14.4. The van der Waals surface area contributed by atoms with E-state index in [4.69, 9.17) is 4.42 Å². The van der Waals surface area contributed by atoms with Crippen molar-refractivity contribution in [3.8, 4) is 0 Å². The molecule has 1 spiro atoms. The fourth-order valence-corrected chi connectivity index (χ4v) is 3.71. The minimum absolute atomic E-state index is 0.281. The lowest BCUT2D eigenvalue weighted by atomic mass is 9.92. The van der Waals surface area contributed by atoms with E-state index in [1.54, 1.807) is 19.2 Å². The van der Waals surface area contributed by atoms with Crippen molar-refractivity contribution in [2.75, 3.05) is 13.6 Å². The molecular weight excluding hydrogens is 334 g/mol. The number of benzene rings is 1. The number of imide groups is 1. The molecule has 0 saturated carbocycles. The first-order valence-corrected chi connectivity index (χ1v) is 8.50. The predicted octanol–water partition coefficient (Wildman–Crippen LogP) is 1.63. The molecule has 134 valence electrons. The highest BCUT2D eigenvalue weighted by Gasteiger charge is 2.55. The molecule has 1 unspecified atom stereocenters. The van der Waals surface area contributed by atoms with Crippen molar-refractivity contribution in [2.24, 2.45) is 0 Å². The van der Waals surface area contributed by atoms with Crippen LogP contribution >= 0.6 is 0 Å². The predicted molar refractivity (Wildman–Crippen MR) is 91.9 cm³/mol. The van der Waals surface area contributed by atoms with Crippen LogP contribution in [0.2, 0.25) is 0 Å². The van der Waals surface area contributed by atoms with Crippen LogP contribution in [0.3, 0.4) is 0 Å². The van der Waals surface area contributed by atoms with Crippen LogP contribution in [0.5, 0.6) is 0 Å². The smallest absolute Gasteiger partial charge is 0.325 e. The quantitative estimate of drug-likeness (QED) is 0.847. The molecule has 1 N–H and O–H groups in total. The van der Waals surface area contributed by atoms with E-state index >= 15 is 0 Å². The van der Waals surface area contributed by atoms with E-state index in [2.05, 4.69) is 5.32 Å². The molecule has 0 bridgehead atoms. The number of aryl methyl sites for hydroxylation is 1. The fourth-order valence-electron chi connectivity index (χ4n) is 3.71. The van der Waals surface area contributed by atoms with Crippen LogP contribution in [0.15, 0.2) is 47.1 Å². The van der Waals surface area contributed by atoms with E-state index in [0.717, 1.165) is 22.4 Å². The van der Waals surface area contributed by atoms with Crippen molar-refractivity contribution in [2.45, 2.75) is 24.9 Å². The SMILES string of the molecule is CN(Cc1ccco1)C(=O)CN1C(=O)NC2(CCc3ccccc32)C1=O. The molecule has 2 aromatic rings. The second-order valence-electron chi connectivity index (χ2n) is 6.71. The van der Waals surface area contributed by atoms with Crippen molar-refractivity contribution in [1.29, 1.82) is 0 Å². The Bertz CT molecular complexity index is 877. The number of likely N-dealkylation sites (N-methyl/N-ethyl adjacent to an activating group) is 1. The maximum atomic E-state index is 13.0. The number of amides is 4. The van der Waals surface area contributed by atoms with Gasteiger partial charge in [0.05, 0.1) is 12.8 Å². The highest BCUT2D eigenvalue weighted by Crippen LogP contribution is 2.41. The summed E-state index contributed by atoms with van der Waals surface area (Å²) in [4.78, 5) is 40.4. The summed E-state index contributed by atoms with van der Waals surface area (Å²) in [7, 11) is 1.62. The lowest BCUT2D eigenvalue weighted by Crippen LogP contribution is -2.44. The van der Waals surface area contributed by atoms with Crippen molar-refractivity contribution in [3.63, 3.8) is 0 Å². The first kappa shape index (κ1) is 16.4. The van der Waals surface area contributed by atoms with Gasteiger partial charge in [-0.05, 0) is 36.1 Å². The number of fused-ring (bicyclic) bond motifs is 2. The summed E-state index contributed by atoms with van der Waals surface area (Å²) < 4.78 is 5.23. The molecule has 0 radical (unpaired) electrons. The number of carbonyl (C=O) groups is 3. The lowest BCUT2D eigenvalue weighted by molar-refractivity contribution is -0.138. The second kappa shape index (κ2) is 6.01. The summed E-state index contributed by atoms with van der Waals surface area (Å²) in [5.41, 5.74) is 0.856. The Labute approximate surface area is 150 Å². The van der Waals surface area contributed by atoms with Crippen LogP contribution in [0.4, 0.5) is 4.79 Å². The molecule has 4 amide bonds. The normalized spacial score (nSPS) is 21.2. The van der Waals surface area contributed by atoms with E-state index in [-0.39, 0.29) is 24.9 Å². The summed E-state index contributed by atoms with van der Waals surface area (Å²) in [6.07, 6.45) is 2.78. The van der Waals surface area contributed by atoms with Gasteiger partial charge in [-0.25, -0.2) is 4.79 Å². The molecule has 1 aliphatic heterocycles. The highest BCUT2D eigenvalue weighted by molar-refractivity contribution is 6.09. The van der Waals surface area contributed by atoms with Crippen molar-refractivity contribution >= 4 is 17.8 Å². The summed E-state index contributed by atoms with van der Waals surface area (Å²) in [6, 6.07) is 10.6. The molecule has 1 aromatic carbocycles. The number of furan rings is 1. The maximum Gasteiger partial charge on any atom is 0.325 e. The second-order valence-corrected chi connectivity index (χ2v) is 6.71. The molecule has 1 saturated heterocycles. The molecule has 4 rings (SSSR count). The summed E-state index contributed by atoms with van der Waals surface area (Å²) in [5, 5.41) is 2.82. The first-order chi connectivity index (χ1) is 12.5. The minimum atomic E-state index is -1.03. The molecule has 1 aliphatic carbocycles. The largest absolute Gasteiger partial charge is 0.467 e. The monoisotopic (exact) mass is 353 g/mol. The van der Waals surface area contributed by atoms with Gasteiger partial charge in [-0.1, -0.05) is 24.3 Å². The molecule has 2 aliphatic rings. The number of hydrogen-bond acceptors (Lipinski definition) is 4. The van der Waals surface area contributed by atoms with E-state index < -0.39 is 11.6 Å². The zero-order chi connectivity index (χ0) is 18.3. The van der Waals surface area contributed by atoms with Crippen LogP contribution in [0.25, 0.3) is 0 Å². The topological polar surface area (TPSA) is 82.9 Å². The number of nitrogens with one attached hydrogen (secondary N) is 1. The Morgan fingerprint density at radius 2 is 2.08 bits per heavy atom. The van der Waals surface area contributed by atoms with Gasteiger partial charge >= 0.3 is 6.03 Å². The third kappa shape index (κ3) is 2.47. The number of urea groups is 1. The maximum absolute atomic E-state index is 13.0.